The van der Waals surface area contributed by atoms with Crippen LogP contribution in [0.25, 0.3) is 0 Å². The lowest BCUT2D eigenvalue weighted by atomic mass is 9.77. The van der Waals surface area contributed by atoms with Crippen molar-refractivity contribution in [3.05, 3.63) is 0 Å². The Hall–Kier alpha value is -0.820. The molecule has 0 aromatic carbocycles. The molecule has 6 nitrogen and oxygen atoms in total. The Morgan fingerprint density at radius 3 is 2.42 bits per heavy atom. The molecule has 19 heavy (non-hydrogen) atoms. The molecular formula is C12H23N3O3S. The van der Waals surface area contributed by atoms with Crippen molar-refractivity contribution in [1.29, 1.82) is 0 Å². The smallest absolute Gasteiger partial charge is 0.212 e. The van der Waals surface area contributed by atoms with Crippen LogP contribution in [0.3, 0.4) is 0 Å². The zero-order valence-corrected chi connectivity index (χ0v) is 12.1. The third-order valence-corrected chi connectivity index (χ3v) is 5.84. The Kier molecular flexibility index (Phi) is 4.06. The number of hydrogen-bond donors (Lipinski definition) is 3. The summed E-state index contributed by atoms with van der Waals surface area (Å²) in [5.74, 6) is 0.971. The second-order valence-corrected chi connectivity index (χ2v) is 7.84. The lowest BCUT2D eigenvalue weighted by Crippen LogP contribution is -2.59. The molecule has 2 saturated carbocycles. The summed E-state index contributed by atoms with van der Waals surface area (Å²) < 4.78 is 27.0. The van der Waals surface area contributed by atoms with Gasteiger partial charge in [-0.2, -0.15) is 0 Å². The van der Waals surface area contributed by atoms with Crippen LogP contribution >= 0.6 is 0 Å². The Bertz CT molecular complexity index is 449. The van der Waals surface area contributed by atoms with E-state index < -0.39 is 15.6 Å². The number of sulfonamides is 1. The molecule has 0 atom stereocenters. The predicted molar refractivity (Wildman–Crippen MR) is 73.4 cm³/mol. The molecule has 2 rings (SSSR count). The fraction of sp³-hybridized carbons (Fsp3) is 0.917. The van der Waals surface area contributed by atoms with E-state index in [1.54, 1.807) is 0 Å². The third kappa shape index (κ3) is 3.60. The summed E-state index contributed by atoms with van der Waals surface area (Å²) in [5.41, 5.74) is 4.86. The van der Waals surface area contributed by atoms with Gasteiger partial charge < -0.3 is 10.9 Å². The molecule has 2 aliphatic carbocycles. The average molecular weight is 289 g/mol. The van der Waals surface area contributed by atoms with Crippen molar-refractivity contribution in [2.45, 2.75) is 51.0 Å². The molecule has 0 heterocycles. The first-order chi connectivity index (χ1) is 8.87. The highest BCUT2D eigenvalue weighted by Gasteiger charge is 2.42. The summed E-state index contributed by atoms with van der Waals surface area (Å²) >= 11 is 0. The second-order valence-electron chi connectivity index (χ2n) is 6.08. The quantitative estimate of drug-likeness (QED) is 0.304. The normalized spacial score (nSPS) is 33.3. The van der Waals surface area contributed by atoms with Crippen LogP contribution in [0.5, 0.6) is 0 Å². The van der Waals surface area contributed by atoms with E-state index in [1.165, 1.54) is 0 Å². The molecular weight excluding hydrogens is 266 g/mol. The van der Waals surface area contributed by atoms with Gasteiger partial charge in [-0.1, -0.05) is 12.1 Å². The molecule has 4 N–H and O–H groups in total. The minimum Gasteiger partial charge on any atom is -0.409 e. The Morgan fingerprint density at radius 1 is 1.37 bits per heavy atom. The number of amidine groups is 1. The molecule has 0 aromatic heterocycles. The van der Waals surface area contributed by atoms with Crippen LogP contribution in [0, 0.1) is 11.8 Å². The lowest BCUT2D eigenvalue weighted by molar-refractivity contribution is 0.266. The summed E-state index contributed by atoms with van der Waals surface area (Å²) in [4.78, 5) is 0. The summed E-state index contributed by atoms with van der Waals surface area (Å²) in [6.07, 6.45) is 4.90. The number of nitrogens with one attached hydrogen (secondary N) is 1. The van der Waals surface area contributed by atoms with E-state index in [4.69, 9.17) is 10.9 Å². The molecule has 0 bridgehead atoms. The van der Waals surface area contributed by atoms with Crippen molar-refractivity contribution in [2.24, 2.45) is 22.7 Å². The monoisotopic (exact) mass is 289 g/mol. The van der Waals surface area contributed by atoms with E-state index in [1.807, 2.05) is 0 Å². The zero-order valence-electron chi connectivity index (χ0n) is 11.3. The highest BCUT2D eigenvalue weighted by Crippen LogP contribution is 2.34. The minimum atomic E-state index is -3.37. The maximum absolute atomic E-state index is 12.2. The van der Waals surface area contributed by atoms with Crippen LogP contribution in [0.1, 0.15) is 45.4 Å². The topological polar surface area (TPSA) is 105 Å². The molecule has 7 heteroatoms. The van der Waals surface area contributed by atoms with Crippen molar-refractivity contribution in [2.75, 3.05) is 5.75 Å². The minimum absolute atomic E-state index is 0.0150. The molecule has 110 valence electrons. The standard InChI is InChI=1S/C12H23N3O3S/c1-9-4-6-12(7-5-9,11(13)14-16)15-19(17,18)8-10-2-3-10/h9-10,15-16H,2-8H2,1H3,(H2,13,14). The summed E-state index contributed by atoms with van der Waals surface area (Å²) in [5, 5.41) is 12.0. The van der Waals surface area contributed by atoms with E-state index in [0.717, 1.165) is 25.7 Å². The van der Waals surface area contributed by atoms with E-state index in [0.29, 0.717) is 18.8 Å². The van der Waals surface area contributed by atoms with Crippen molar-refractivity contribution in [3.8, 4) is 0 Å². The average Bonchev–Trinajstić information content (AvgIpc) is 3.14. The van der Waals surface area contributed by atoms with Crippen molar-refractivity contribution < 1.29 is 13.6 Å². The van der Waals surface area contributed by atoms with Crippen molar-refractivity contribution >= 4 is 15.9 Å². The van der Waals surface area contributed by atoms with Crippen LogP contribution in [-0.4, -0.2) is 30.8 Å². The summed E-state index contributed by atoms with van der Waals surface area (Å²) in [7, 11) is -3.37. The highest BCUT2D eigenvalue weighted by molar-refractivity contribution is 7.89. The van der Waals surface area contributed by atoms with E-state index in [2.05, 4.69) is 16.8 Å². The molecule has 2 fully saturated rings. The van der Waals surface area contributed by atoms with Gasteiger partial charge in [0, 0.05) is 0 Å². The van der Waals surface area contributed by atoms with Gasteiger partial charge in [0.1, 0.15) is 0 Å². The maximum atomic E-state index is 12.2. The number of hydrogen-bond acceptors (Lipinski definition) is 4. The second kappa shape index (κ2) is 5.28. The highest BCUT2D eigenvalue weighted by atomic mass is 32.2. The van der Waals surface area contributed by atoms with Gasteiger partial charge in [-0.25, -0.2) is 13.1 Å². The number of nitrogens with two attached hydrogens (primary N) is 1. The predicted octanol–water partition coefficient (Wildman–Crippen LogP) is 1.01. The van der Waals surface area contributed by atoms with Crippen LogP contribution in [0.2, 0.25) is 0 Å². The van der Waals surface area contributed by atoms with Gasteiger partial charge in [-0.05, 0) is 50.4 Å². The molecule has 0 unspecified atom stereocenters. The van der Waals surface area contributed by atoms with Gasteiger partial charge >= 0.3 is 0 Å². The van der Waals surface area contributed by atoms with Crippen LogP contribution in [-0.2, 0) is 10.0 Å². The van der Waals surface area contributed by atoms with E-state index >= 15 is 0 Å². The van der Waals surface area contributed by atoms with Gasteiger partial charge in [0.15, 0.2) is 5.84 Å². The van der Waals surface area contributed by atoms with Gasteiger partial charge in [0.05, 0.1) is 11.3 Å². The number of oxime groups is 1. The molecule has 0 radical (unpaired) electrons. The number of nitrogens with zero attached hydrogens (tertiary/aromatic N) is 1. The molecule has 0 saturated heterocycles. The van der Waals surface area contributed by atoms with Crippen LogP contribution < -0.4 is 10.5 Å². The first-order valence-corrected chi connectivity index (χ1v) is 8.52. The van der Waals surface area contributed by atoms with Crippen LogP contribution in [0.15, 0.2) is 5.16 Å². The first kappa shape index (κ1) is 14.6. The Labute approximate surface area is 114 Å². The summed E-state index contributed by atoms with van der Waals surface area (Å²) in [6, 6.07) is 0. The lowest BCUT2D eigenvalue weighted by Gasteiger charge is -2.38. The largest absolute Gasteiger partial charge is 0.409 e. The van der Waals surface area contributed by atoms with Gasteiger partial charge in [0.25, 0.3) is 0 Å². The van der Waals surface area contributed by atoms with Crippen molar-refractivity contribution in [3.63, 3.8) is 0 Å². The summed E-state index contributed by atoms with van der Waals surface area (Å²) in [6.45, 7) is 2.13. The molecule has 0 spiro atoms. The van der Waals surface area contributed by atoms with Gasteiger partial charge in [0.2, 0.25) is 10.0 Å². The molecule has 0 aliphatic heterocycles. The Balaban J connectivity index is 2.14. The van der Waals surface area contributed by atoms with Gasteiger partial charge in [-0.3, -0.25) is 0 Å². The van der Waals surface area contributed by atoms with E-state index in [9.17, 15) is 8.42 Å². The first-order valence-electron chi connectivity index (χ1n) is 6.86. The fourth-order valence-electron chi connectivity index (χ4n) is 2.70. The van der Waals surface area contributed by atoms with Crippen LogP contribution in [0.4, 0.5) is 0 Å². The molecule has 0 aromatic rings. The zero-order chi connectivity index (χ0) is 14.1. The Morgan fingerprint density at radius 2 is 1.95 bits per heavy atom. The van der Waals surface area contributed by atoms with E-state index in [-0.39, 0.29) is 17.5 Å². The van der Waals surface area contributed by atoms with Crippen molar-refractivity contribution in [1.82, 2.24) is 4.72 Å². The van der Waals surface area contributed by atoms with Gasteiger partial charge in [-0.15, -0.1) is 0 Å². The molecule has 0 amide bonds. The molecule has 2 aliphatic rings. The maximum Gasteiger partial charge on any atom is 0.212 e. The fourth-order valence-corrected chi connectivity index (χ4v) is 4.64. The third-order valence-electron chi connectivity index (χ3n) is 4.23. The SMILES string of the molecule is CC1CCC(NS(=O)(=O)CC2CC2)(C(N)=NO)CC1. The number of rotatable bonds is 5.